The van der Waals surface area contributed by atoms with Crippen molar-refractivity contribution in [1.82, 2.24) is 20.3 Å². The fourth-order valence-corrected chi connectivity index (χ4v) is 3.49. The van der Waals surface area contributed by atoms with Gasteiger partial charge in [-0.05, 0) is 43.9 Å². The molecule has 0 saturated carbocycles. The molecule has 1 unspecified atom stereocenters. The first-order chi connectivity index (χ1) is 17.4. The van der Waals surface area contributed by atoms with E-state index in [-0.39, 0.29) is 13.0 Å². The molecule has 11 heteroatoms. The minimum atomic E-state index is -1.16. The summed E-state index contributed by atoms with van der Waals surface area (Å²) in [5, 5.41) is 18.2. The van der Waals surface area contributed by atoms with E-state index in [2.05, 4.69) is 30.9 Å². The Balaban J connectivity index is 1.48. The molecule has 0 radical (unpaired) electrons. The second-order valence-corrected chi connectivity index (χ2v) is 8.05. The summed E-state index contributed by atoms with van der Waals surface area (Å²) in [4.78, 5) is 46.6. The number of aryl methyl sites for hydroxylation is 1. The van der Waals surface area contributed by atoms with Gasteiger partial charge in [0, 0.05) is 30.5 Å². The van der Waals surface area contributed by atoms with Crippen LogP contribution < -0.4 is 21.6 Å². The number of carboxylic acids is 1. The lowest BCUT2D eigenvalue weighted by Crippen LogP contribution is -2.41. The van der Waals surface area contributed by atoms with E-state index in [0.717, 1.165) is 16.9 Å². The monoisotopic (exact) mass is 494 g/mol. The van der Waals surface area contributed by atoms with Crippen LogP contribution in [0.2, 0.25) is 0 Å². The highest BCUT2D eigenvalue weighted by Gasteiger charge is 2.21. The molecule has 1 amide bonds. The number of ether oxygens (including phenoxy) is 1. The van der Waals surface area contributed by atoms with Gasteiger partial charge in [0.2, 0.25) is 0 Å². The number of carbonyl (C=O) groups is 2. The van der Waals surface area contributed by atoms with E-state index in [1.165, 1.54) is 0 Å². The van der Waals surface area contributed by atoms with Crippen molar-refractivity contribution in [3.05, 3.63) is 82.0 Å². The van der Waals surface area contributed by atoms with Crippen LogP contribution in [0.3, 0.4) is 0 Å². The maximum atomic E-state index is 12.1. The largest absolute Gasteiger partial charge is 0.480 e. The number of hydrogen-bond acceptors (Lipinski definition) is 8. The van der Waals surface area contributed by atoms with Gasteiger partial charge in [0.05, 0.1) is 0 Å². The van der Waals surface area contributed by atoms with Crippen molar-refractivity contribution < 1.29 is 19.4 Å². The quantitative estimate of drug-likeness (QED) is 0.225. The number of amides is 1. The van der Waals surface area contributed by atoms with Gasteiger partial charge in [-0.3, -0.25) is 0 Å². The van der Waals surface area contributed by atoms with Crippen LogP contribution in [0.4, 0.5) is 16.4 Å². The molecule has 0 aliphatic carbocycles. The van der Waals surface area contributed by atoms with Gasteiger partial charge < -0.3 is 30.8 Å². The Kier molecular flexibility index (Phi) is 9.80. The molecule has 1 aromatic carbocycles. The molecule has 190 valence electrons. The summed E-state index contributed by atoms with van der Waals surface area (Å²) in [6.45, 7) is 2.97. The third kappa shape index (κ3) is 8.42. The number of aromatic amines is 1. The number of hydrogen-bond donors (Lipinski definition) is 5. The zero-order chi connectivity index (χ0) is 25.8. The lowest BCUT2D eigenvalue weighted by Gasteiger charge is -2.16. The van der Waals surface area contributed by atoms with Gasteiger partial charge in [0.1, 0.15) is 24.3 Å². The van der Waals surface area contributed by atoms with Gasteiger partial charge in [-0.1, -0.05) is 36.4 Å². The van der Waals surface area contributed by atoms with Crippen LogP contribution in [-0.2, 0) is 22.6 Å². The van der Waals surface area contributed by atoms with E-state index in [4.69, 9.17) is 4.74 Å². The van der Waals surface area contributed by atoms with Crippen LogP contribution in [0.15, 0.2) is 59.5 Å². The number of nitrogens with one attached hydrogen (secondary N) is 4. The molecule has 2 heterocycles. The number of H-pyrrole nitrogens is 1. The molecule has 0 fully saturated rings. The standard InChI is InChI=1S/C25H30N6O5/c1-17-19(29-24(34)31-22(17)28-15-14-27-21-12-5-6-13-26-21)10-7-11-20(23(32)33)30-25(35)36-16-18-8-3-2-4-9-18/h2-6,8-9,12-13,20H,7,10-11,14-16H2,1H3,(H,26,27)(H,30,35)(H,32,33)(H2,28,29,31,34). The van der Waals surface area contributed by atoms with E-state index in [9.17, 15) is 19.5 Å². The van der Waals surface area contributed by atoms with Crippen LogP contribution in [-0.4, -0.2) is 51.3 Å². The highest BCUT2D eigenvalue weighted by atomic mass is 16.5. The highest BCUT2D eigenvalue weighted by molar-refractivity contribution is 5.79. The summed E-state index contributed by atoms with van der Waals surface area (Å²) < 4.78 is 5.11. The number of aromatic nitrogens is 3. The van der Waals surface area contributed by atoms with Crippen LogP contribution in [0.25, 0.3) is 0 Å². The number of anilines is 2. The van der Waals surface area contributed by atoms with Crippen molar-refractivity contribution >= 4 is 23.7 Å². The van der Waals surface area contributed by atoms with Crippen molar-refractivity contribution in [3.8, 4) is 0 Å². The smallest absolute Gasteiger partial charge is 0.408 e. The van der Waals surface area contributed by atoms with Crippen molar-refractivity contribution in [1.29, 1.82) is 0 Å². The first-order valence-corrected chi connectivity index (χ1v) is 11.6. The van der Waals surface area contributed by atoms with Gasteiger partial charge in [-0.25, -0.2) is 19.4 Å². The van der Waals surface area contributed by atoms with Crippen molar-refractivity contribution in [2.45, 2.75) is 38.8 Å². The molecular weight excluding hydrogens is 464 g/mol. The number of benzene rings is 1. The molecule has 11 nitrogen and oxygen atoms in total. The van der Waals surface area contributed by atoms with Crippen molar-refractivity contribution in [2.24, 2.45) is 0 Å². The van der Waals surface area contributed by atoms with Crippen LogP contribution in [0.5, 0.6) is 0 Å². The lowest BCUT2D eigenvalue weighted by molar-refractivity contribution is -0.139. The Morgan fingerprint density at radius 3 is 2.56 bits per heavy atom. The first-order valence-electron chi connectivity index (χ1n) is 11.6. The molecular formula is C25H30N6O5. The second kappa shape index (κ2) is 13.5. The fraction of sp³-hybridized carbons (Fsp3) is 0.320. The summed E-state index contributed by atoms with van der Waals surface area (Å²) >= 11 is 0. The Labute approximate surface area is 208 Å². The zero-order valence-electron chi connectivity index (χ0n) is 20.0. The summed E-state index contributed by atoms with van der Waals surface area (Å²) in [5.41, 5.74) is 1.74. The molecule has 2 aromatic heterocycles. The van der Waals surface area contributed by atoms with Gasteiger partial charge in [0.15, 0.2) is 0 Å². The average Bonchev–Trinajstić information content (AvgIpc) is 2.88. The van der Waals surface area contributed by atoms with Gasteiger partial charge in [-0.2, -0.15) is 4.98 Å². The number of aliphatic carboxylic acids is 1. The molecule has 0 aliphatic rings. The number of rotatable bonds is 13. The van der Waals surface area contributed by atoms with E-state index in [0.29, 0.717) is 37.4 Å². The van der Waals surface area contributed by atoms with Gasteiger partial charge in [-0.15, -0.1) is 0 Å². The van der Waals surface area contributed by atoms with Crippen LogP contribution in [0, 0.1) is 6.92 Å². The predicted octanol–water partition coefficient (Wildman–Crippen LogP) is 2.70. The number of carboxylic acid groups (broad SMARTS) is 1. The topological polar surface area (TPSA) is 158 Å². The summed E-state index contributed by atoms with van der Waals surface area (Å²) in [7, 11) is 0. The summed E-state index contributed by atoms with van der Waals surface area (Å²) in [6, 6.07) is 13.6. The summed E-state index contributed by atoms with van der Waals surface area (Å²) in [6.07, 6.45) is 1.89. The molecule has 0 spiro atoms. The zero-order valence-corrected chi connectivity index (χ0v) is 20.0. The minimum Gasteiger partial charge on any atom is -0.480 e. The average molecular weight is 495 g/mol. The maximum Gasteiger partial charge on any atom is 0.408 e. The van der Waals surface area contributed by atoms with E-state index in [1.54, 1.807) is 18.3 Å². The number of alkyl carbamates (subject to hydrolysis) is 1. The Morgan fingerprint density at radius 1 is 1.08 bits per heavy atom. The first kappa shape index (κ1) is 26.2. The highest BCUT2D eigenvalue weighted by Crippen LogP contribution is 2.15. The van der Waals surface area contributed by atoms with Gasteiger partial charge in [0.25, 0.3) is 0 Å². The third-order valence-corrected chi connectivity index (χ3v) is 5.39. The maximum absolute atomic E-state index is 12.1. The summed E-state index contributed by atoms with van der Waals surface area (Å²) in [5.74, 6) is 0.0597. The van der Waals surface area contributed by atoms with Crippen LogP contribution in [0.1, 0.15) is 29.7 Å². The normalized spacial score (nSPS) is 11.4. The molecule has 3 rings (SSSR count). The molecule has 0 saturated heterocycles. The molecule has 3 aromatic rings. The third-order valence-electron chi connectivity index (χ3n) is 5.39. The SMILES string of the molecule is Cc1c(NCCNc2ccccn2)nc(=O)[nH]c1CCCC(NC(=O)OCc1ccccc1)C(=O)O. The molecule has 36 heavy (non-hydrogen) atoms. The molecule has 0 bridgehead atoms. The Hall–Kier alpha value is -4.41. The fourth-order valence-electron chi connectivity index (χ4n) is 3.49. The van der Waals surface area contributed by atoms with Crippen molar-refractivity contribution in [2.75, 3.05) is 23.7 Å². The van der Waals surface area contributed by atoms with Crippen molar-refractivity contribution in [3.63, 3.8) is 0 Å². The molecule has 0 aliphatic heterocycles. The lowest BCUT2D eigenvalue weighted by atomic mass is 10.1. The number of nitrogens with zero attached hydrogens (tertiary/aromatic N) is 2. The predicted molar refractivity (Wildman–Crippen MR) is 135 cm³/mol. The molecule has 1 atom stereocenters. The van der Waals surface area contributed by atoms with Gasteiger partial charge >= 0.3 is 17.8 Å². The Morgan fingerprint density at radius 2 is 1.83 bits per heavy atom. The second-order valence-electron chi connectivity index (χ2n) is 8.05. The van der Waals surface area contributed by atoms with Crippen LogP contribution >= 0.6 is 0 Å². The van der Waals surface area contributed by atoms with E-state index >= 15 is 0 Å². The number of pyridine rings is 1. The molecule has 5 N–H and O–H groups in total. The Bertz CT molecular complexity index is 1190. The minimum absolute atomic E-state index is 0.0453. The van der Waals surface area contributed by atoms with E-state index in [1.807, 2.05) is 43.3 Å². The number of carbonyl (C=O) groups excluding carboxylic acids is 1. The van der Waals surface area contributed by atoms with E-state index < -0.39 is 23.8 Å².